The molecule has 0 radical (unpaired) electrons. The lowest BCUT2D eigenvalue weighted by Gasteiger charge is -2.33. The summed E-state index contributed by atoms with van der Waals surface area (Å²) in [7, 11) is 0. The van der Waals surface area contributed by atoms with Crippen LogP contribution in [0.25, 0.3) is 0 Å². The number of halogens is 3. The number of hydrogen-bond donors (Lipinski definition) is 1. The largest absolute Gasteiger partial charge is 0.401 e. The monoisotopic (exact) mass is 300 g/mol. The molecule has 1 aliphatic heterocycles. The van der Waals surface area contributed by atoms with Gasteiger partial charge in [-0.1, -0.05) is 17.7 Å². The van der Waals surface area contributed by atoms with Crippen LogP contribution in [-0.4, -0.2) is 36.8 Å². The predicted molar refractivity (Wildman–Crippen MR) is 79.8 cm³/mol. The molecule has 1 aromatic carbocycles. The van der Waals surface area contributed by atoms with E-state index in [9.17, 15) is 13.2 Å². The lowest BCUT2D eigenvalue weighted by molar-refractivity contribution is -0.147. The van der Waals surface area contributed by atoms with Crippen molar-refractivity contribution in [1.82, 2.24) is 4.90 Å². The van der Waals surface area contributed by atoms with Gasteiger partial charge in [-0.2, -0.15) is 13.2 Å². The smallest absolute Gasteiger partial charge is 0.382 e. The van der Waals surface area contributed by atoms with E-state index in [4.69, 9.17) is 0 Å². The third-order valence-electron chi connectivity index (χ3n) is 4.02. The van der Waals surface area contributed by atoms with Crippen molar-refractivity contribution in [1.29, 1.82) is 0 Å². The Morgan fingerprint density at radius 1 is 1.10 bits per heavy atom. The summed E-state index contributed by atoms with van der Waals surface area (Å²) < 4.78 is 37.1. The van der Waals surface area contributed by atoms with Crippen LogP contribution >= 0.6 is 0 Å². The first-order chi connectivity index (χ1) is 9.74. The molecule has 2 rings (SSSR count). The molecular formula is C16H23F3N2. The summed E-state index contributed by atoms with van der Waals surface area (Å²) >= 11 is 0. The van der Waals surface area contributed by atoms with E-state index in [0.717, 1.165) is 18.5 Å². The van der Waals surface area contributed by atoms with Crippen molar-refractivity contribution in [2.45, 2.75) is 45.8 Å². The number of nitrogens with zero attached hydrogens (tertiary/aromatic N) is 1. The van der Waals surface area contributed by atoms with Gasteiger partial charge >= 0.3 is 6.18 Å². The van der Waals surface area contributed by atoms with Gasteiger partial charge in [0.2, 0.25) is 0 Å². The van der Waals surface area contributed by atoms with Gasteiger partial charge in [-0.25, -0.2) is 0 Å². The maximum Gasteiger partial charge on any atom is 0.401 e. The van der Waals surface area contributed by atoms with Crippen molar-refractivity contribution in [3.05, 3.63) is 28.8 Å². The molecule has 1 saturated heterocycles. The second-order valence-electron chi connectivity index (χ2n) is 6.08. The number of nitrogens with one attached hydrogen (secondary N) is 1. The molecule has 1 N–H and O–H groups in total. The minimum absolute atomic E-state index is 0.259. The first-order valence-corrected chi connectivity index (χ1v) is 7.38. The van der Waals surface area contributed by atoms with E-state index in [0.29, 0.717) is 13.1 Å². The molecule has 21 heavy (non-hydrogen) atoms. The van der Waals surface area contributed by atoms with E-state index in [-0.39, 0.29) is 6.04 Å². The van der Waals surface area contributed by atoms with Crippen molar-refractivity contribution in [3.63, 3.8) is 0 Å². The maximum atomic E-state index is 12.4. The second-order valence-corrected chi connectivity index (χ2v) is 6.08. The predicted octanol–water partition coefficient (Wildman–Crippen LogP) is 4.05. The maximum absolute atomic E-state index is 12.4. The van der Waals surface area contributed by atoms with Crippen molar-refractivity contribution >= 4 is 5.69 Å². The number of likely N-dealkylation sites (tertiary alicyclic amines) is 1. The van der Waals surface area contributed by atoms with Gasteiger partial charge < -0.3 is 5.32 Å². The van der Waals surface area contributed by atoms with Gasteiger partial charge in [-0.15, -0.1) is 0 Å². The first kappa shape index (κ1) is 16.1. The van der Waals surface area contributed by atoms with Gasteiger partial charge in [0.05, 0.1) is 6.54 Å². The molecule has 0 spiro atoms. The van der Waals surface area contributed by atoms with Crippen LogP contribution in [0.2, 0.25) is 0 Å². The Labute approximate surface area is 124 Å². The highest BCUT2D eigenvalue weighted by Gasteiger charge is 2.32. The Morgan fingerprint density at radius 2 is 1.62 bits per heavy atom. The first-order valence-electron chi connectivity index (χ1n) is 7.38. The SMILES string of the molecule is Cc1cc(C)c(NC2CCN(CC(F)(F)F)CC2)c(C)c1. The zero-order valence-corrected chi connectivity index (χ0v) is 12.8. The van der Waals surface area contributed by atoms with Gasteiger partial charge in [0.25, 0.3) is 0 Å². The molecule has 1 fully saturated rings. The zero-order chi connectivity index (χ0) is 15.6. The van der Waals surface area contributed by atoms with Gasteiger partial charge in [0.1, 0.15) is 0 Å². The lowest BCUT2D eigenvalue weighted by atomic mass is 10.0. The molecule has 0 amide bonds. The molecule has 0 unspecified atom stereocenters. The minimum Gasteiger partial charge on any atom is -0.382 e. The molecule has 0 bridgehead atoms. The summed E-state index contributed by atoms with van der Waals surface area (Å²) in [6.45, 7) is 6.42. The zero-order valence-electron chi connectivity index (χ0n) is 12.8. The van der Waals surface area contributed by atoms with Crippen molar-refractivity contribution in [3.8, 4) is 0 Å². The Bertz CT molecular complexity index is 466. The standard InChI is InChI=1S/C16H23F3N2/c1-11-8-12(2)15(13(3)9-11)20-14-4-6-21(7-5-14)10-16(17,18)19/h8-9,14,20H,4-7,10H2,1-3H3. The average Bonchev–Trinajstić information content (AvgIpc) is 2.34. The summed E-state index contributed by atoms with van der Waals surface area (Å²) in [5, 5.41) is 3.52. The molecule has 0 aromatic heterocycles. The molecule has 0 aliphatic carbocycles. The fraction of sp³-hybridized carbons (Fsp3) is 0.625. The number of benzene rings is 1. The minimum atomic E-state index is -4.09. The molecule has 5 heteroatoms. The summed E-state index contributed by atoms with van der Waals surface area (Å²) in [6, 6.07) is 4.52. The third-order valence-corrected chi connectivity index (χ3v) is 4.02. The quantitative estimate of drug-likeness (QED) is 0.906. The normalized spacial score (nSPS) is 18.0. The molecule has 0 saturated carbocycles. The average molecular weight is 300 g/mol. The Balaban J connectivity index is 1.92. The number of hydrogen-bond acceptors (Lipinski definition) is 2. The van der Waals surface area contributed by atoms with E-state index >= 15 is 0 Å². The van der Waals surface area contributed by atoms with E-state index in [1.54, 1.807) is 0 Å². The Kier molecular flexibility index (Phi) is 4.81. The molecule has 2 nitrogen and oxygen atoms in total. The highest BCUT2D eigenvalue weighted by Crippen LogP contribution is 2.26. The highest BCUT2D eigenvalue weighted by atomic mass is 19.4. The Hall–Kier alpha value is -1.23. The summed E-state index contributed by atoms with van der Waals surface area (Å²) in [5.41, 5.74) is 4.76. The van der Waals surface area contributed by atoms with Crippen LogP contribution < -0.4 is 5.32 Å². The van der Waals surface area contributed by atoms with Gasteiger partial charge in [-0.3, -0.25) is 4.90 Å². The molecule has 1 aromatic rings. The summed E-state index contributed by atoms with van der Waals surface area (Å²) in [6.07, 6.45) is -2.59. The molecule has 1 heterocycles. The fourth-order valence-electron chi connectivity index (χ4n) is 3.10. The van der Waals surface area contributed by atoms with Crippen LogP contribution in [0.15, 0.2) is 12.1 Å². The summed E-state index contributed by atoms with van der Waals surface area (Å²) in [4.78, 5) is 1.49. The molecule has 1 aliphatic rings. The van der Waals surface area contributed by atoms with Crippen molar-refractivity contribution in [2.75, 3.05) is 25.0 Å². The number of alkyl halides is 3. The Morgan fingerprint density at radius 3 is 2.10 bits per heavy atom. The van der Waals surface area contributed by atoms with Gasteiger partial charge in [-0.05, 0) is 44.7 Å². The number of aryl methyl sites for hydroxylation is 3. The number of anilines is 1. The van der Waals surface area contributed by atoms with Crippen LogP contribution in [-0.2, 0) is 0 Å². The van der Waals surface area contributed by atoms with Crippen LogP contribution in [0.1, 0.15) is 29.5 Å². The van der Waals surface area contributed by atoms with E-state index < -0.39 is 12.7 Å². The molecule has 118 valence electrons. The fourth-order valence-corrected chi connectivity index (χ4v) is 3.10. The van der Waals surface area contributed by atoms with Crippen LogP contribution in [0.4, 0.5) is 18.9 Å². The number of piperidine rings is 1. The number of rotatable bonds is 3. The van der Waals surface area contributed by atoms with Crippen molar-refractivity contribution in [2.24, 2.45) is 0 Å². The van der Waals surface area contributed by atoms with Crippen LogP contribution in [0.3, 0.4) is 0 Å². The van der Waals surface area contributed by atoms with Gasteiger partial charge in [0.15, 0.2) is 0 Å². The second kappa shape index (κ2) is 6.26. The summed E-state index contributed by atoms with van der Waals surface area (Å²) in [5.74, 6) is 0. The van der Waals surface area contributed by atoms with E-state index in [1.807, 2.05) is 0 Å². The molecular weight excluding hydrogens is 277 g/mol. The van der Waals surface area contributed by atoms with Crippen molar-refractivity contribution < 1.29 is 13.2 Å². The third kappa shape index (κ3) is 4.63. The topological polar surface area (TPSA) is 15.3 Å². The van der Waals surface area contributed by atoms with E-state index in [1.165, 1.54) is 21.6 Å². The lowest BCUT2D eigenvalue weighted by Crippen LogP contribution is -2.43. The van der Waals surface area contributed by atoms with Crippen LogP contribution in [0.5, 0.6) is 0 Å². The molecule has 0 atom stereocenters. The van der Waals surface area contributed by atoms with Gasteiger partial charge in [0, 0.05) is 24.8 Å². The van der Waals surface area contributed by atoms with Crippen LogP contribution in [0, 0.1) is 20.8 Å². The highest BCUT2D eigenvalue weighted by molar-refractivity contribution is 5.58. The van der Waals surface area contributed by atoms with E-state index in [2.05, 4.69) is 38.2 Å².